The molecule has 0 spiro atoms. The number of nitrogens with zero attached hydrogens (tertiary/aromatic N) is 1. The Morgan fingerprint density at radius 1 is 0.957 bits per heavy atom. The van der Waals surface area contributed by atoms with Crippen molar-refractivity contribution in [1.82, 2.24) is 31.2 Å². The van der Waals surface area contributed by atoms with Gasteiger partial charge < -0.3 is 42.0 Å². The summed E-state index contributed by atoms with van der Waals surface area (Å²) in [7, 11) is 1.72. The molecule has 1 fully saturated rings. The molecule has 2 aromatic carbocycles. The van der Waals surface area contributed by atoms with Crippen LogP contribution in [0.5, 0.6) is 0 Å². The first kappa shape index (κ1) is 34.0. The summed E-state index contributed by atoms with van der Waals surface area (Å²) in [5.41, 5.74) is 7.69. The molecular formula is C33H43N7O6. The normalized spacial score (nSPS) is 16.6. The number of urea groups is 1. The number of carbonyl (C=O) groups excluding carboxylic acids is 4. The quantitative estimate of drug-likeness (QED) is 0.123. The monoisotopic (exact) mass is 633 g/mol. The molecule has 1 aliphatic rings. The Morgan fingerprint density at radius 3 is 2.41 bits per heavy atom. The van der Waals surface area contributed by atoms with Gasteiger partial charge in [0.05, 0.1) is 6.04 Å². The average molecular weight is 634 g/mol. The van der Waals surface area contributed by atoms with Crippen LogP contribution in [0, 0.1) is 0 Å². The van der Waals surface area contributed by atoms with Gasteiger partial charge in [-0.15, -0.1) is 0 Å². The number of fused-ring (bicyclic) bond motifs is 1. The summed E-state index contributed by atoms with van der Waals surface area (Å²) < 4.78 is 0. The number of aromatic amines is 1. The van der Waals surface area contributed by atoms with E-state index in [9.17, 15) is 29.1 Å². The lowest BCUT2D eigenvalue weighted by Gasteiger charge is -2.37. The molecule has 0 saturated carbocycles. The van der Waals surface area contributed by atoms with Crippen molar-refractivity contribution in [3.05, 3.63) is 71.9 Å². The molecule has 5 amide bonds. The summed E-state index contributed by atoms with van der Waals surface area (Å²) in [6.07, 6.45) is 4.53. The number of likely N-dealkylation sites (tertiary alicyclic amines) is 1. The Morgan fingerprint density at radius 2 is 1.70 bits per heavy atom. The molecule has 1 aromatic heterocycles. The Balaban J connectivity index is 1.53. The van der Waals surface area contributed by atoms with E-state index in [4.69, 9.17) is 5.73 Å². The van der Waals surface area contributed by atoms with Gasteiger partial charge in [-0.25, -0.2) is 9.59 Å². The molecular weight excluding hydrogens is 590 g/mol. The van der Waals surface area contributed by atoms with Gasteiger partial charge in [-0.2, -0.15) is 0 Å². The molecule has 0 unspecified atom stereocenters. The third-order valence-electron chi connectivity index (χ3n) is 8.33. The summed E-state index contributed by atoms with van der Waals surface area (Å²) in [5, 5.41) is 21.6. The number of piperidine rings is 1. The SMILES string of the molecule is CN[C@@H](Cc1ccccc1)C(=O)N1CCCC[C@H]1C(=O)N[C@@H](Cc1c[nH]c2ccccc12)C(=O)N[C@@H](CCCNC(N)=O)C(=O)O. The predicted octanol–water partition coefficient (Wildman–Crippen LogP) is 1.42. The zero-order valence-corrected chi connectivity index (χ0v) is 26.0. The largest absolute Gasteiger partial charge is 0.480 e. The molecule has 0 bridgehead atoms. The van der Waals surface area contributed by atoms with Crippen LogP contribution in [-0.2, 0) is 32.0 Å². The Labute approximate surface area is 267 Å². The number of nitrogens with one attached hydrogen (secondary N) is 5. The molecule has 246 valence electrons. The van der Waals surface area contributed by atoms with Gasteiger partial charge >= 0.3 is 12.0 Å². The maximum Gasteiger partial charge on any atom is 0.326 e. The number of nitrogens with two attached hydrogens (primary N) is 1. The van der Waals surface area contributed by atoms with Crippen LogP contribution in [0.2, 0.25) is 0 Å². The second kappa shape index (κ2) is 16.4. The maximum absolute atomic E-state index is 13.9. The van der Waals surface area contributed by atoms with Crippen LogP contribution in [-0.4, -0.2) is 89.0 Å². The van der Waals surface area contributed by atoms with Crippen molar-refractivity contribution in [3.63, 3.8) is 0 Å². The van der Waals surface area contributed by atoms with E-state index < -0.39 is 48.0 Å². The first-order valence-electron chi connectivity index (χ1n) is 15.6. The van der Waals surface area contributed by atoms with Crippen molar-refractivity contribution in [1.29, 1.82) is 0 Å². The molecule has 2 heterocycles. The molecule has 13 heteroatoms. The van der Waals surface area contributed by atoms with E-state index >= 15 is 0 Å². The standard InChI is InChI=1S/C33H43N7O6/c1-35-27(18-21-10-3-2-4-11-21)31(43)40-17-8-7-15-28(40)30(42)39-26(19-22-20-37-24-13-6-5-12-23(22)24)29(41)38-25(32(44)45)14-9-16-36-33(34)46/h2-6,10-13,20,25-28,35,37H,7-9,14-19H2,1H3,(H,38,41)(H,39,42)(H,44,45)(H3,34,36,46)/t25-,26-,27-,28-/m0/s1. The van der Waals surface area contributed by atoms with E-state index in [1.165, 1.54) is 0 Å². The van der Waals surface area contributed by atoms with Gasteiger partial charge in [-0.1, -0.05) is 48.5 Å². The fourth-order valence-electron chi connectivity index (χ4n) is 5.88. The summed E-state index contributed by atoms with van der Waals surface area (Å²) in [5.74, 6) is -2.58. The maximum atomic E-state index is 13.9. The number of amides is 5. The number of aliphatic carboxylic acids is 1. The van der Waals surface area contributed by atoms with E-state index in [1.54, 1.807) is 18.1 Å². The topological polar surface area (TPSA) is 199 Å². The number of benzene rings is 2. The van der Waals surface area contributed by atoms with Crippen molar-refractivity contribution >= 4 is 40.6 Å². The lowest BCUT2D eigenvalue weighted by molar-refractivity contribution is -0.145. The molecule has 4 atom stereocenters. The molecule has 8 N–H and O–H groups in total. The van der Waals surface area contributed by atoms with Crippen molar-refractivity contribution in [2.24, 2.45) is 5.73 Å². The number of hydrogen-bond donors (Lipinski definition) is 7. The first-order chi connectivity index (χ1) is 22.2. The minimum Gasteiger partial charge on any atom is -0.480 e. The Hall–Kier alpha value is -4.91. The Kier molecular flexibility index (Phi) is 12.1. The second-order valence-electron chi connectivity index (χ2n) is 11.5. The number of carbonyl (C=O) groups is 5. The van der Waals surface area contributed by atoms with Crippen molar-refractivity contribution in [2.75, 3.05) is 20.1 Å². The zero-order chi connectivity index (χ0) is 33.1. The molecule has 1 aliphatic heterocycles. The fourth-order valence-corrected chi connectivity index (χ4v) is 5.88. The van der Waals surface area contributed by atoms with E-state index in [2.05, 4.69) is 26.3 Å². The van der Waals surface area contributed by atoms with Gasteiger partial charge in [0, 0.05) is 36.6 Å². The van der Waals surface area contributed by atoms with Crippen LogP contribution in [0.3, 0.4) is 0 Å². The summed E-state index contributed by atoms with van der Waals surface area (Å²) in [6.45, 7) is 0.553. The molecule has 3 aromatic rings. The number of primary amides is 1. The number of H-pyrrole nitrogens is 1. The lowest BCUT2D eigenvalue weighted by atomic mass is 9.97. The van der Waals surface area contributed by atoms with Crippen LogP contribution < -0.4 is 27.0 Å². The van der Waals surface area contributed by atoms with Crippen LogP contribution >= 0.6 is 0 Å². The minimum atomic E-state index is -1.26. The number of carboxylic acids is 1. The highest BCUT2D eigenvalue weighted by Gasteiger charge is 2.37. The molecule has 0 aliphatic carbocycles. The highest BCUT2D eigenvalue weighted by molar-refractivity contribution is 5.95. The highest BCUT2D eigenvalue weighted by atomic mass is 16.4. The van der Waals surface area contributed by atoms with Gasteiger partial charge in [0.2, 0.25) is 17.7 Å². The van der Waals surface area contributed by atoms with E-state index in [-0.39, 0.29) is 31.7 Å². The molecule has 1 saturated heterocycles. The fraction of sp³-hybridized carbons (Fsp3) is 0.424. The highest BCUT2D eigenvalue weighted by Crippen LogP contribution is 2.22. The van der Waals surface area contributed by atoms with Crippen LogP contribution in [0.25, 0.3) is 10.9 Å². The molecule has 4 rings (SSSR count). The predicted molar refractivity (Wildman–Crippen MR) is 173 cm³/mol. The van der Waals surface area contributed by atoms with Crippen LogP contribution in [0.15, 0.2) is 60.8 Å². The van der Waals surface area contributed by atoms with Gasteiger partial charge in [-0.05, 0) is 62.8 Å². The van der Waals surface area contributed by atoms with Gasteiger partial charge in [0.15, 0.2) is 0 Å². The van der Waals surface area contributed by atoms with Gasteiger partial charge in [-0.3, -0.25) is 14.4 Å². The smallest absolute Gasteiger partial charge is 0.326 e. The number of aromatic nitrogens is 1. The number of carboxylic acid groups (broad SMARTS) is 1. The van der Waals surface area contributed by atoms with Crippen molar-refractivity contribution < 1.29 is 29.1 Å². The molecule has 13 nitrogen and oxygen atoms in total. The Bertz CT molecular complexity index is 1510. The van der Waals surface area contributed by atoms with Gasteiger partial charge in [0.25, 0.3) is 0 Å². The third kappa shape index (κ3) is 9.07. The number of para-hydroxylation sites is 1. The van der Waals surface area contributed by atoms with Crippen molar-refractivity contribution in [3.8, 4) is 0 Å². The second-order valence-corrected chi connectivity index (χ2v) is 11.5. The summed E-state index contributed by atoms with van der Waals surface area (Å²) in [4.78, 5) is 69.1. The third-order valence-corrected chi connectivity index (χ3v) is 8.33. The van der Waals surface area contributed by atoms with Crippen LogP contribution in [0.1, 0.15) is 43.2 Å². The first-order valence-corrected chi connectivity index (χ1v) is 15.6. The van der Waals surface area contributed by atoms with Crippen molar-refractivity contribution in [2.45, 2.75) is 69.1 Å². The zero-order valence-electron chi connectivity index (χ0n) is 26.0. The summed E-state index contributed by atoms with van der Waals surface area (Å²) >= 11 is 0. The van der Waals surface area contributed by atoms with E-state index in [0.29, 0.717) is 19.4 Å². The number of likely N-dealkylation sites (N-methyl/N-ethyl adjacent to an activating group) is 1. The van der Waals surface area contributed by atoms with Crippen LogP contribution in [0.4, 0.5) is 4.79 Å². The lowest BCUT2D eigenvalue weighted by Crippen LogP contribution is -2.60. The summed E-state index contributed by atoms with van der Waals surface area (Å²) in [6, 6.07) is 12.7. The van der Waals surface area contributed by atoms with Gasteiger partial charge in [0.1, 0.15) is 18.1 Å². The average Bonchev–Trinajstić information content (AvgIpc) is 3.47. The minimum absolute atomic E-state index is 0.0346. The molecule has 46 heavy (non-hydrogen) atoms. The van der Waals surface area contributed by atoms with E-state index in [0.717, 1.165) is 34.9 Å². The number of hydrogen-bond acceptors (Lipinski definition) is 6. The molecule has 0 radical (unpaired) electrons. The van der Waals surface area contributed by atoms with E-state index in [1.807, 2.05) is 54.6 Å². The number of rotatable bonds is 15.